The van der Waals surface area contributed by atoms with Gasteiger partial charge in [0.25, 0.3) is 5.91 Å². The fourth-order valence-corrected chi connectivity index (χ4v) is 3.67. The largest absolute Gasteiger partial charge is 0.496 e. The van der Waals surface area contributed by atoms with Crippen molar-refractivity contribution >= 4 is 5.91 Å². The van der Waals surface area contributed by atoms with E-state index in [1.807, 2.05) is 17.0 Å². The Morgan fingerprint density at radius 2 is 1.92 bits per heavy atom. The van der Waals surface area contributed by atoms with Crippen LogP contribution in [0.5, 0.6) is 5.75 Å². The zero-order valence-electron chi connectivity index (χ0n) is 16.6. The molecule has 0 saturated carbocycles. The van der Waals surface area contributed by atoms with E-state index in [1.54, 1.807) is 14.0 Å². The summed E-state index contributed by atoms with van der Waals surface area (Å²) in [5, 5.41) is 9.68. The van der Waals surface area contributed by atoms with Crippen LogP contribution in [0.15, 0.2) is 24.3 Å². The van der Waals surface area contributed by atoms with Crippen LogP contribution in [0.2, 0.25) is 0 Å². The molecule has 0 radical (unpaired) electrons. The molecule has 146 valence electrons. The van der Waals surface area contributed by atoms with Gasteiger partial charge in [0.2, 0.25) is 0 Å². The number of benzene rings is 1. The number of amides is 1. The summed E-state index contributed by atoms with van der Waals surface area (Å²) in [5.41, 5.74) is 1.22. The molecule has 1 heterocycles. The molecule has 2 rings (SSSR count). The molecule has 1 aromatic carbocycles. The number of hydrogen-bond donors (Lipinski definition) is 1. The second-order valence-corrected chi connectivity index (χ2v) is 7.84. The number of piperidine rings is 1. The average molecular weight is 363 g/mol. The van der Waals surface area contributed by atoms with Crippen LogP contribution < -0.4 is 4.74 Å². The van der Waals surface area contributed by atoms with E-state index in [-0.39, 0.29) is 5.91 Å². The summed E-state index contributed by atoms with van der Waals surface area (Å²) in [6, 6.07) is 8.18. The molecule has 26 heavy (non-hydrogen) atoms. The molecule has 0 spiro atoms. The van der Waals surface area contributed by atoms with E-state index in [9.17, 15) is 9.90 Å². The Morgan fingerprint density at radius 1 is 1.27 bits per heavy atom. The van der Waals surface area contributed by atoms with Gasteiger partial charge in [-0.3, -0.25) is 9.69 Å². The highest BCUT2D eigenvalue weighted by Crippen LogP contribution is 2.24. The van der Waals surface area contributed by atoms with Crippen LogP contribution in [0.25, 0.3) is 0 Å². The molecule has 1 aliphatic heterocycles. The van der Waals surface area contributed by atoms with Gasteiger partial charge >= 0.3 is 0 Å². The van der Waals surface area contributed by atoms with Gasteiger partial charge < -0.3 is 14.7 Å². The van der Waals surface area contributed by atoms with Crippen molar-refractivity contribution in [3.63, 3.8) is 0 Å². The fraction of sp³-hybridized carbons (Fsp3) is 0.667. The molecule has 1 aromatic rings. The minimum atomic E-state index is -0.917. The first-order chi connectivity index (χ1) is 12.4. The topological polar surface area (TPSA) is 53.0 Å². The number of likely N-dealkylation sites (tertiary alicyclic amines) is 1. The molecular formula is C21H34N2O3. The van der Waals surface area contributed by atoms with Gasteiger partial charge in [0.1, 0.15) is 11.9 Å². The quantitative estimate of drug-likeness (QED) is 0.773. The lowest BCUT2D eigenvalue weighted by Gasteiger charge is -2.36. The monoisotopic (exact) mass is 362 g/mol. The molecule has 0 bridgehead atoms. The van der Waals surface area contributed by atoms with Gasteiger partial charge in [-0.2, -0.15) is 0 Å². The van der Waals surface area contributed by atoms with Gasteiger partial charge in [-0.25, -0.2) is 0 Å². The lowest BCUT2D eigenvalue weighted by molar-refractivity contribution is -0.140. The Bertz CT molecular complexity index is 566. The van der Waals surface area contributed by atoms with Gasteiger partial charge in [-0.05, 0) is 50.8 Å². The van der Waals surface area contributed by atoms with E-state index in [0.717, 1.165) is 44.8 Å². The maximum absolute atomic E-state index is 12.3. The molecule has 1 N–H and O–H groups in total. The zero-order valence-corrected chi connectivity index (χ0v) is 16.6. The highest BCUT2D eigenvalue weighted by molar-refractivity contribution is 5.80. The Hall–Kier alpha value is -1.59. The van der Waals surface area contributed by atoms with Gasteiger partial charge in [0.05, 0.1) is 7.11 Å². The highest BCUT2D eigenvalue weighted by atomic mass is 16.5. The van der Waals surface area contributed by atoms with Crippen LogP contribution in [0.3, 0.4) is 0 Å². The number of carbonyl (C=O) groups excluding carboxylic acids is 1. The summed E-state index contributed by atoms with van der Waals surface area (Å²) in [4.78, 5) is 16.6. The molecule has 1 amide bonds. The zero-order chi connectivity index (χ0) is 19.1. The molecule has 0 aliphatic carbocycles. The molecular weight excluding hydrogens is 328 g/mol. The molecule has 1 atom stereocenters. The highest BCUT2D eigenvalue weighted by Gasteiger charge is 2.26. The van der Waals surface area contributed by atoms with Crippen LogP contribution in [0.1, 0.15) is 39.2 Å². The van der Waals surface area contributed by atoms with Crippen molar-refractivity contribution in [1.82, 2.24) is 9.80 Å². The Morgan fingerprint density at radius 3 is 2.50 bits per heavy atom. The minimum absolute atomic E-state index is 0.143. The number of para-hydroxylation sites is 1. The number of carbonyl (C=O) groups is 1. The smallest absolute Gasteiger partial charge is 0.251 e. The molecule has 1 saturated heterocycles. The number of methoxy groups -OCH3 is 1. The number of aliphatic hydroxyl groups is 1. The molecule has 5 nitrogen and oxygen atoms in total. The first kappa shape index (κ1) is 20.7. The summed E-state index contributed by atoms with van der Waals surface area (Å²) in [7, 11) is 1.72. The number of aliphatic hydroxyl groups excluding tert-OH is 1. The van der Waals surface area contributed by atoms with E-state index >= 15 is 0 Å². The van der Waals surface area contributed by atoms with E-state index < -0.39 is 6.10 Å². The van der Waals surface area contributed by atoms with E-state index in [4.69, 9.17) is 4.74 Å². The van der Waals surface area contributed by atoms with Gasteiger partial charge in [0, 0.05) is 25.2 Å². The van der Waals surface area contributed by atoms with Crippen LogP contribution in [-0.4, -0.2) is 60.2 Å². The minimum Gasteiger partial charge on any atom is -0.496 e. The standard InChI is InChI=1S/C21H34N2O3/c1-16(2)13-23(21(25)17(3)24)14-18-9-11-22(12-10-18)15-19-7-5-6-8-20(19)26-4/h5-8,16-18,24H,9-15H2,1-4H3. The van der Waals surface area contributed by atoms with Gasteiger partial charge in [-0.1, -0.05) is 32.0 Å². The summed E-state index contributed by atoms with van der Waals surface area (Å²) in [6.07, 6.45) is 1.24. The lowest BCUT2D eigenvalue weighted by Crippen LogP contribution is -2.45. The maximum atomic E-state index is 12.3. The molecule has 1 aliphatic rings. The first-order valence-electron chi connectivity index (χ1n) is 9.71. The molecule has 1 unspecified atom stereocenters. The van der Waals surface area contributed by atoms with Crippen LogP contribution in [-0.2, 0) is 11.3 Å². The third kappa shape index (κ3) is 5.99. The Balaban J connectivity index is 1.87. The Kier molecular flexibility index (Phi) is 7.91. The number of hydrogen-bond acceptors (Lipinski definition) is 4. The first-order valence-corrected chi connectivity index (χ1v) is 9.71. The SMILES string of the molecule is COc1ccccc1CN1CCC(CN(CC(C)C)C(=O)C(C)O)CC1. The molecule has 0 aromatic heterocycles. The second kappa shape index (κ2) is 9.93. The van der Waals surface area contributed by atoms with Gasteiger partial charge in [-0.15, -0.1) is 0 Å². The van der Waals surface area contributed by atoms with Crippen molar-refractivity contribution in [2.45, 2.75) is 46.3 Å². The van der Waals surface area contributed by atoms with Crippen molar-refractivity contribution in [3.05, 3.63) is 29.8 Å². The second-order valence-electron chi connectivity index (χ2n) is 7.84. The van der Waals surface area contributed by atoms with Crippen molar-refractivity contribution in [2.75, 3.05) is 33.3 Å². The van der Waals surface area contributed by atoms with Crippen LogP contribution in [0.4, 0.5) is 0 Å². The lowest BCUT2D eigenvalue weighted by atomic mass is 9.95. The van der Waals surface area contributed by atoms with E-state index in [0.29, 0.717) is 18.4 Å². The number of nitrogens with zero attached hydrogens (tertiary/aromatic N) is 2. The summed E-state index contributed by atoms with van der Waals surface area (Å²) in [5.74, 6) is 1.71. The fourth-order valence-electron chi connectivity index (χ4n) is 3.67. The van der Waals surface area contributed by atoms with E-state index in [1.165, 1.54) is 5.56 Å². The van der Waals surface area contributed by atoms with Crippen molar-refractivity contribution < 1.29 is 14.6 Å². The third-order valence-electron chi connectivity index (χ3n) is 5.03. The summed E-state index contributed by atoms with van der Waals surface area (Å²) < 4.78 is 5.45. The average Bonchev–Trinajstić information content (AvgIpc) is 2.62. The third-order valence-corrected chi connectivity index (χ3v) is 5.03. The van der Waals surface area contributed by atoms with Gasteiger partial charge in [0.15, 0.2) is 0 Å². The predicted octanol–water partition coefficient (Wildman–Crippen LogP) is 2.77. The Labute approximate surface area is 157 Å². The number of rotatable bonds is 8. The maximum Gasteiger partial charge on any atom is 0.251 e. The van der Waals surface area contributed by atoms with Crippen molar-refractivity contribution in [2.24, 2.45) is 11.8 Å². The van der Waals surface area contributed by atoms with Crippen LogP contribution in [0, 0.1) is 11.8 Å². The summed E-state index contributed by atoms with van der Waals surface area (Å²) >= 11 is 0. The summed E-state index contributed by atoms with van der Waals surface area (Å²) in [6.45, 7) is 10.2. The van der Waals surface area contributed by atoms with Crippen LogP contribution >= 0.6 is 0 Å². The molecule has 5 heteroatoms. The van der Waals surface area contributed by atoms with Crippen molar-refractivity contribution in [1.29, 1.82) is 0 Å². The molecule has 1 fully saturated rings. The predicted molar refractivity (Wildman–Crippen MR) is 104 cm³/mol. The normalized spacial score (nSPS) is 17.3. The van der Waals surface area contributed by atoms with E-state index in [2.05, 4.69) is 30.9 Å². The number of ether oxygens (including phenoxy) is 1. The van der Waals surface area contributed by atoms with Crippen molar-refractivity contribution in [3.8, 4) is 5.75 Å².